The molecule has 0 aliphatic heterocycles. The molecule has 1 saturated carbocycles. The molecule has 0 bridgehead atoms. The first-order valence-corrected chi connectivity index (χ1v) is 8.98. The molecule has 0 N–H and O–H groups in total. The Labute approximate surface area is 127 Å². The van der Waals surface area contributed by atoms with Gasteiger partial charge in [-0.05, 0) is 35.2 Å². The van der Waals surface area contributed by atoms with Gasteiger partial charge in [0, 0.05) is 22.7 Å². The Hall–Kier alpha value is 0.370. The van der Waals surface area contributed by atoms with Crippen molar-refractivity contribution in [3.05, 3.63) is 11.1 Å². The molecule has 2 rings (SSSR count). The number of fused-ring (bicyclic) bond motifs is 1. The van der Waals surface area contributed by atoms with E-state index in [1.807, 2.05) is 0 Å². The zero-order valence-electron chi connectivity index (χ0n) is 11.5. The van der Waals surface area contributed by atoms with Crippen LogP contribution in [0.25, 0.3) is 0 Å². The Balaban J connectivity index is 2.54. The highest BCUT2D eigenvalue weighted by molar-refractivity contribution is 9.09. The van der Waals surface area contributed by atoms with Gasteiger partial charge in [-0.3, -0.25) is 4.79 Å². The van der Waals surface area contributed by atoms with Crippen molar-refractivity contribution in [1.29, 1.82) is 0 Å². The van der Waals surface area contributed by atoms with E-state index < -0.39 is 0 Å². The fourth-order valence-corrected chi connectivity index (χ4v) is 5.82. The predicted molar refractivity (Wildman–Crippen MR) is 83.5 cm³/mol. The topological polar surface area (TPSA) is 17.1 Å². The summed E-state index contributed by atoms with van der Waals surface area (Å²) in [5.41, 5.74) is 2.88. The number of alkyl halides is 2. The van der Waals surface area contributed by atoms with E-state index in [9.17, 15) is 4.79 Å². The maximum Gasteiger partial charge on any atom is 0.160 e. The van der Waals surface area contributed by atoms with Gasteiger partial charge in [0.2, 0.25) is 0 Å². The Bertz CT molecular complexity index is 397. The van der Waals surface area contributed by atoms with E-state index in [1.54, 1.807) is 0 Å². The van der Waals surface area contributed by atoms with Gasteiger partial charge in [-0.15, -0.1) is 0 Å². The van der Waals surface area contributed by atoms with Crippen LogP contribution in [0.5, 0.6) is 0 Å². The minimum atomic E-state index is 0.211. The SMILES string of the molecule is CC1(C)CCC[C@]2(C)C(CBr)=C(CBr)C(=O)C[C@H]12. The van der Waals surface area contributed by atoms with Gasteiger partial charge in [0.15, 0.2) is 5.78 Å². The monoisotopic (exact) mass is 376 g/mol. The van der Waals surface area contributed by atoms with Gasteiger partial charge in [0.05, 0.1) is 0 Å². The van der Waals surface area contributed by atoms with E-state index in [0.29, 0.717) is 17.0 Å². The third-order valence-electron chi connectivity index (χ3n) is 5.28. The van der Waals surface area contributed by atoms with Gasteiger partial charge in [0.1, 0.15) is 0 Å². The minimum absolute atomic E-state index is 0.211. The summed E-state index contributed by atoms with van der Waals surface area (Å²) in [7, 11) is 0. The second-order valence-corrected chi connectivity index (χ2v) is 7.79. The average molecular weight is 378 g/mol. The molecule has 1 fully saturated rings. The Morgan fingerprint density at radius 1 is 1.17 bits per heavy atom. The molecule has 0 saturated heterocycles. The first kappa shape index (κ1) is 14.8. The molecule has 1 nitrogen and oxygen atoms in total. The van der Waals surface area contributed by atoms with Crippen LogP contribution >= 0.6 is 31.9 Å². The molecule has 102 valence electrons. The van der Waals surface area contributed by atoms with Crippen molar-refractivity contribution in [2.75, 3.05) is 10.7 Å². The molecule has 18 heavy (non-hydrogen) atoms. The lowest BCUT2D eigenvalue weighted by Crippen LogP contribution is -2.48. The minimum Gasteiger partial charge on any atom is -0.295 e. The Kier molecular flexibility index (Phi) is 4.14. The number of halogens is 2. The van der Waals surface area contributed by atoms with Crippen molar-refractivity contribution in [2.45, 2.75) is 46.5 Å². The lowest BCUT2D eigenvalue weighted by molar-refractivity contribution is -0.121. The summed E-state index contributed by atoms with van der Waals surface area (Å²) in [5.74, 6) is 0.861. The number of carbonyl (C=O) groups is 1. The molecular weight excluding hydrogens is 356 g/mol. The summed E-state index contributed by atoms with van der Waals surface area (Å²) >= 11 is 7.13. The van der Waals surface area contributed by atoms with Gasteiger partial charge < -0.3 is 0 Å². The fourth-order valence-electron chi connectivity index (χ4n) is 4.19. The van der Waals surface area contributed by atoms with E-state index in [1.165, 1.54) is 24.8 Å². The largest absolute Gasteiger partial charge is 0.295 e. The standard InChI is InChI=1S/C15H22Br2O/c1-14(2)5-4-6-15(3)11(9-17)10(8-16)12(18)7-13(14)15/h13H,4-9H2,1-3H3/t13-,15-/m1/s1. The van der Waals surface area contributed by atoms with Gasteiger partial charge in [-0.2, -0.15) is 0 Å². The molecule has 0 heterocycles. The summed E-state index contributed by atoms with van der Waals surface area (Å²) in [4.78, 5) is 12.4. The van der Waals surface area contributed by atoms with Crippen molar-refractivity contribution in [2.24, 2.45) is 16.7 Å². The van der Waals surface area contributed by atoms with Crippen LogP contribution in [0.3, 0.4) is 0 Å². The summed E-state index contributed by atoms with van der Waals surface area (Å²) in [6, 6.07) is 0. The molecule has 0 aromatic heterocycles. The van der Waals surface area contributed by atoms with Gasteiger partial charge >= 0.3 is 0 Å². The van der Waals surface area contributed by atoms with Gasteiger partial charge in [0.25, 0.3) is 0 Å². The molecule has 2 aliphatic rings. The van der Waals surface area contributed by atoms with Gasteiger partial charge in [-0.1, -0.05) is 59.1 Å². The number of rotatable bonds is 2. The molecule has 0 amide bonds. The smallest absolute Gasteiger partial charge is 0.160 e. The van der Waals surface area contributed by atoms with Crippen molar-refractivity contribution in [3.63, 3.8) is 0 Å². The van der Waals surface area contributed by atoms with Crippen LogP contribution in [0.15, 0.2) is 11.1 Å². The van der Waals surface area contributed by atoms with Crippen LogP contribution in [0.1, 0.15) is 46.5 Å². The summed E-state index contributed by atoms with van der Waals surface area (Å²) in [5, 5.41) is 1.54. The molecule has 0 spiro atoms. The summed E-state index contributed by atoms with van der Waals surface area (Å²) in [6.07, 6.45) is 4.49. The van der Waals surface area contributed by atoms with E-state index in [4.69, 9.17) is 0 Å². The third-order valence-corrected chi connectivity index (χ3v) is 6.40. The third kappa shape index (κ3) is 2.15. The average Bonchev–Trinajstić information content (AvgIpc) is 2.29. The quantitative estimate of drug-likeness (QED) is 0.627. The number of hydrogen-bond acceptors (Lipinski definition) is 1. The normalized spacial score (nSPS) is 35.6. The molecule has 0 aromatic rings. The van der Waals surface area contributed by atoms with Crippen LogP contribution in [-0.4, -0.2) is 16.4 Å². The Morgan fingerprint density at radius 2 is 1.83 bits per heavy atom. The van der Waals surface area contributed by atoms with Crippen LogP contribution in [-0.2, 0) is 4.79 Å². The van der Waals surface area contributed by atoms with Crippen molar-refractivity contribution < 1.29 is 4.79 Å². The number of hydrogen-bond donors (Lipinski definition) is 0. The number of Topliss-reactive ketones (excluding diaryl/α,β-unsaturated/α-hetero) is 1. The summed E-state index contributed by atoms with van der Waals surface area (Å²) in [6.45, 7) is 7.06. The number of allylic oxidation sites excluding steroid dienone is 2. The van der Waals surface area contributed by atoms with E-state index >= 15 is 0 Å². The lowest BCUT2D eigenvalue weighted by Gasteiger charge is -2.54. The molecule has 2 atom stereocenters. The molecule has 0 radical (unpaired) electrons. The first-order valence-electron chi connectivity index (χ1n) is 6.74. The van der Waals surface area contributed by atoms with Gasteiger partial charge in [-0.25, -0.2) is 0 Å². The zero-order chi connectivity index (χ0) is 13.6. The van der Waals surface area contributed by atoms with Crippen LogP contribution < -0.4 is 0 Å². The van der Waals surface area contributed by atoms with Crippen molar-refractivity contribution in [3.8, 4) is 0 Å². The highest BCUT2D eigenvalue weighted by Crippen LogP contribution is 2.59. The van der Waals surface area contributed by atoms with Crippen LogP contribution in [0, 0.1) is 16.7 Å². The highest BCUT2D eigenvalue weighted by atomic mass is 79.9. The second kappa shape index (κ2) is 5.05. The van der Waals surface area contributed by atoms with Crippen LogP contribution in [0.2, 0.25) is 0 Å². The molecular formula is C15H22Br2O. The molecule has 3 heteroatoms. The Morgan fingerprint density at radius 3 is 2.39 bits per heavy atom. The number of ketones is 1. The van der Waals surface area contributed by atoms with Crippen LogP contribution in [0.4, 0.5) is 0 Å². The van der Waals surface area contributed by atoms with E-state index in [2.05, 4.69) is 52.6 Å². The summed E-state index contributed by atoms with van der Waals surface area (Å²) < 4.78 is 0. The molecule has 0 aromatic carbocycles. The molecule has 2 aliphatic carbocycles. The second-order valence-electron chi connectivity index (χ2n) is 6.66. The number of carbonyl (C=O) groups excluding carboxylic acids is 1. The predicted octanol–water partition coefficient (Wildman–Crippen LogP) is 4.88. The van der Waals surface area contributed by atoms with E-state index in [0.717, 1.165) is 17.3 Å². The maximum atomic E-state index is 12.4. The lowest BCUT2D eigenvalue weighted by atomic mass is 9.50. The first-order chi connectivity index (χ1) is 8.36. The fraction of sp³-hybridized carbons (Fsp3) is 0.800. The van der Waals surface area contributed by atoms with E-state index in [-0.39, 0.29) is 10.8 Å². The highest BCUT2D eigenvalue weighted by Gasteiger charge is 2.52. The molecule has 0 unspecified atom stereocenters. The van der Waals surface area contributed by atoms with Crippen molar-refractivity contribution >= 4 is 37.6 Å². The zero-order valence-corrected chi connectivity index (χ0v) is 14.7. The maximum absolute atomic E-state index is 12.4. The van der Waals surface area contributed by atoms with Crippen molar-refractivity contribution in [1.82, 2.24) is 0 Å².